The molecule has 4 rings (SSSR count). The topological polar surface area (TPSA) is 78.9 Å². The van der Waals surface area contributed by atoms with Crippen molar-refractivity contribution in [1.29, 1.82) is 0 Å². The SMILES string of the molecule is Cc1ncnc(C(=O)N2CC3CC(C(=O)N4CCN(C)CC4)C(C2)O3)c1C. The van der Waals surface area contributed by atoms with Crippen LogP contribution >= 0.6 is 0 Å². The van der Waals surface area contributed by atoms with Crippen LogP contribution < -0.4 is 0 Å². The summed E-state index contributed by atoms with van der Waals surface area (Å²) in [6, 6.07) is 0. The van der Waals surface area contributed by atoms with Crippen LogP contribution in [0.5, 0.6) is 0 Å². The maximum atomic E-state index is 13.0. The highest BCUT2D eigenvalue weighted by atomic mass is 16.5. The van der Waals surface area contributed by atoms with Crippen molar-refractivity contribution in [1.82, 2.24) is 24.7 Å². The molecule has 0 saturated carbocycles. The first-order valence-corrected chi connectivity index (χ1v) is 9.64. The van der Waals surface area contributed by atoms with Gasteiger partial charge >= 0.3 is 0 Å². The van der Waals surface area contributed by atoms with Crippen LogP contribution in [0.15, 0.2) is 6.33 Å². The van der Waals surface area contributed by atoms with Gasteiger partial charge in [0.15, 0.2) is 0 Å². The monoisotopic (exact) mass is 373 g/mol. The summed E-state index contributed by atoms with van der Waals surface area (Å²) in [6.45, 7) is 8.07. The molecular weight excluding hydrogens is 346 g/mol. The maximum absolute atomic E-state index is 13.0. The van der Waals surface area contributed by atoms with Crippen LogP contribution in [0.25, 0.3) is 0 Å². The molecular formula is C19H27N5O3. The molecule has 0 aliphatic carbocycles. The lowest BCUT2D eigenvalue weighted by Gasteiger charge is -2.36. The smallest absolute Gasteiger partial charge is 0.273 e. The minimum atomic E-state index is -0.219. The molecule has 0 aromatic carbocycles. The number of likely N-dealkylation sites (N-methyl/N-ethyl adjacent to an activating group) is 1. The summed E-state index contributed by atoms with van der Waals surface area (Å²) in [4.78, 5) is 40.3. The average Bonchev–Trinajstić information content (AvgIpc) is 2.97. The Morgan fingerprint density at radius 1 is 1.07 bits per heavy atom. The molecule has 3 unspecified atom stereocenters. The number of carbonyl (C=O) groups excluding carboxylic acids is 2. The average molecular weight is 373 g/mol. The van der Waals surface area contributed by atoms with Crippen LogP contribution in [0.4, 0.5) is 0 Å². The zero-order valence-electron chi connectivity index (χ0n) is 16.2. The molecule has 3 fully saturated rings. The van der Waals surface area contributed by atoms with E-state index in [0.29, 0.717) is 25.2 Å². The van der Waals surface area contributed by atoms with Gasteiger partial charge < -0.3 is 19.4 Å². The lowest BCUT2D eigenvalue weighted by molar-refractivity contribution is -0.139. The number of piperazine rings is 1. The third-order valence-corrected chi connectivity index (χ3v) is 6.12. The molecule has 8 nitrogen and oxygen atoms in total. The summed E-state index contributed by atoms with van der Waals surface area (Å²) in [6.07, 6.45) is 1.84. The largest absolute Gasteiger partial charge is 0.370 e. The van der Waals surface area contributed by atoms with E-state index in [4.69, 9.17) is 4.74 Å². The standard InChI is InChI=1S/C19H27N5O3/c1-12-13(2)20-11-21-17(12)19(26)24-9-14-8-15(16(10-24)27-14)18(25)23-6-4-22(3)5-7-23/h11,14-16H,4-10H2,1-3H3. The molecule has 3 saturated heterocycles. The van der Waals surface area contributed by atoms with Crippen LogP contribution in [-0.2, 0) is 9.53 Å². The normalized spacial score (nSPS) is 28.5. The van der Waals surface area contributed by atoms with Crippen molar-refractivity contribution in [3.05, 3.63) is 23.3 Å². The van der Waals surface area contributed by atoms with Crippen molar-refractivity contribution in [2.24, 2.45) is 5.92 Å². The zero-order chi connectivity index (χ0) is 19.1. The second-order valence-electron chi connectivity index (χ2n) is 7.91. The van der Waals surface area contributed by atoms with Crippen molar-refractivity contribution in [3.8, 4) is 0 Å². The molecule has 1 aromatic rings. The van der Waals surface area contributed by atoms with Gasteiger partial charge in [-0.05, 0) is 27.3 Å². The highest BCUT2D eigenvalue weighted by Crippen LogP contribution is 2.34. The molecule has 1 aromatic heterocycles. The summed E-state index contributed by atoms with van der Waals surface area (Å²) in [5, 5.41) is 0. The molecule has 0 radical (unpaired) electrons. The summed E-state index contributed by atoms with van der Waals surface area (Å²) < 4.78 is 6.03. The van der Waals surface area contributed by atoms with E-state index in [-0.39, 0.29) is 29.9 Å². The fraction of sp³-hybridized carbons (Fsp3) is 0.684. The number of carbonyl (C=O) groups is 2. The Balaban J connectivity index is 1.45. The highest BCUT2D eigenvalue weighted by molar-refractivity contribution is 5.94. The summed E-state index contributed by atoms with van der Waals surface area (Å²) >= 11 is 0. The minimum Gasteiger partial charge on any atom is -0.370 e. The first kappa shape index (κ1) is 18.3. The Morgan fingerprint density at radius 2 is 1.81 bits per heavy atom. The first-order valence-electron chi connectivity index (χ1n) is 9.64. The van der Waals surface area contributed by atoms with E-state index in [2.05, 4.69) is 21.9 Å². The van der Waals surface area contributed by atoms with Gasteiger partial charge in [0.25, 0.3) is 5.91 Å². The molecule has 3 aliphatic rings. The van der Waals surface area contributed by atoms with Gasteiger partial charge in [-0.15, -0.1) is 0 Å². The quantitative estimate of drug-likeness (QED) is 0.732. The lowest BCUT2D eigenvalue weighted by atomic mass is 9.98. The van der Waals surface area contributed by atoms with Crippen LogP contribution in [-0.4, -0.2) is 95.0 Å². The molecule has 3 aliphatic heterocycles. The Bertz CT molecular complexity index is 747. The zero-order valence-corrected chi connectivity index (χ0v) is 16.2. The van der Waals surface area contributed by atoms with Crippen molar-refractivity contribution in [2.45, 2.75) is 32.5 Å². The minimum absolute atomic E-state index is 0.0719. The van der Waals surface area contributed by atoms with E-state index in [9.17, 15) is 9.59 Å². The highest BCUT2D eigenvalue weighted by Gasteiger charge is 2.47. The van der Waals surface area contributed by atoms with Gasteiger partial charge in [0, 0.05) is 50.5 Å². The van der Waals surface area contributed by atoms with Crippen molar-refractivity contribution >= 4 is 11.8 Å². The second-order valence-corrected chi connectivity index (χ2v) is 7.91. The predicted molar refractivity (Wildman–Crippen MR) is 98.3 cm³/mol. The van der Waals surface area contributed by atoms with Crippen LogP contribution in [0, 0.1) is 19.8 Å². The van der Waals surface area contributed by atoms with E-state index < -0.39 is 0 Å². The van der Waals surface area contributed by atoms with Gasteiger partial charge in [0.1, 0.15) is 12.0 Å². The van der Waals surface area contributed by atoms with E-state index in [1.165, 1.54) is 6.33 Å². The maximum Gasteiger partial charge on any atom is 0.273 e. The third-order valence-electron chi connectivity index (χ3n) is 6.12. The third kappa shape index (κ3) is 3.43. The van der Waals surface area contributed by atoms with Gasteiger partial charge in [-0.2, -0.15) is 0 Å². The number of amides is 2. The van der Waals surface area contributed by atoms with Crippen molar-refractivity contribution < 1.29 is 14.3 Å². The number of morpholine rings is 1. The van der Waals surface area contributed by atoms with Gasteiger partial charge in [0.2, 0.25) is 5.91 Å². The number of aromatic nitrogens is 2. The number of ether oxygens (including phenoxy) is 1. The molecule has 146 valence electrons. The molecule has 8 heteroatoms. The Kier molecular flexibility index (Phi) is 4.86. The number of fused-ring (bicyclic) bond motifs is 2. The Hall–Kier alpha value is -2.06. The number of hydrogen-bond acceptors (Lipinski definition) is 6. The Morgan fingerprint density at radius 3 is 2.56 bits per heavy atom. The van der Waals surface area contributed by atoms with E-state index in [1.54, 1.807) is 4.90 Å². The lowest BCUT2D eigenvalue weighted by Crippen LogP contribution is -2.51. The molecule has 0 N–H and O–H groups in total. The fourth-order valence-corrected chi connectivity index (χ4v) is 4.25. The number of likely N-dealkylation sites (tertiary alicyclic amines) is 1. The van der Waals surface area contributed by atoms with Crippen LogP contribution in [0.1, 0.15) is 28.2 Å². The number of aryl methyl sites for hydroxylation is 1. The summed E-state index contributed by atoms with van der Waals surface area (Å²) in [7, 11) is 2.08. The van der Waals surface area contributed by atoms with Crippen molar-refractivity contribution in [3.63, 3.8) is 0 Å². The molecule has 2 bridgehead atoms. The Labute approximate surface area is 159 Å². The van der Waals surface area contributed by atoms with E-state index in [1.807, 2.05) is 18.7 Å². The molecule has 27 heavy (non-hydrogen) atoms. The second kappa shape index (κ2) is 7.16. The van der Waals surface area contributed by atoms with Gasteiger partial charge in [-0.1, -0.05) is 0 Å². The van der Waals surface area contributed by atoms with Crippen LogP contribution in [0.3, 0.4) is 0 Å². The van der Waals surface area contributed by atoms with Gasteiger partial charge in [0.05, 0.1) is 18.1 Å². The van der Waals surface area contributed by atoms with E-state index >= 15 is 0 Å². The molecule has 2 amide bonds. The number of rotatable bonds is 2. The summed E-state index contributed by atoms with van der Waals surface area (Å²) in [5.74, 6) is -0.0626. The van der Waals surface area contributed by atoms with E-state index in [0.717, 1.165) is 37.4 Å². The number of hydrogen-bond donors (Lipinski definition) is 0. The predicted octanol–water partition coefficient (Wildman–Crippen LogP) is 0.0969. The number of nitrogens with zero attached hydrogens (tertiary/aromatic N) is 5. The van der Waals surface area contributed by atoms with Crippen molar-refractivity contribution in [2.75, 3.05) is 46.3 Å². The molecule has 3 atom stereocenters. The van der Waals surface area contributed by atoms with Gasteiger partial charge in [-0.25, -0.2) is 9.97 Å². The fourth-order valence-electron chi connectivity index (χ4n) is 4.25. The first-order chi connectivity index (χ1) is 12.9. The molecule has 0 spiro atoms. The van der Waals surface area contributed by atoms with Gasteiger partial charge in [-0.3, -0.25) is 9.59 Å². The summed E-state index contributed by atoms with van der Waals surface area (Å²) in [5.41, 5.74) is 2.07. The van der Waals surface area contributed by atoms with Crippen LogP contribution in [0.2, 0.25) is 0 Å². The molecule has 4 heterocycles.